The van der Waals surface area contributed by atoms with Gasteiger partial charge in [0, 0.05) is 10.2 Å². The fourth-order valence-corrected chi connectivity index (χ4v) is 1.89. The van der Waals surface area contributed by atoms with E-state index in [0.29, 0.717) is 19.8 Å². The lowest BCUT2D eigenvalue weighted by atomic mass is 9.97. The van der Waals surface area contributed by atoms with Gasteiger partial charge in [-0.15, -0.1) is 0 Å². The van der Waals surface area contributed by atoms with Gasteiger partial charge in [-0.25, -0.2) is 4.79 Å². The van der Waals surface area contributed by atoms with Crippen LogP contribution >= 0.6 is 15.9 Å². The fourth-order valence-electron chi connectivity index (χ4n) is 1.63. The summed E-state index contributed by atoms with van der Waals surface area (Å²) in [6.45, 7) is 2.87. The van der Waals surface area contributed by atoms with Crippen molar-refractivity contribution in [3.8, 4) is 0 Å². The maximum Gasteiger partial charge on any atom is 0.336 e. The molecule has 5 heteroatoms. The molecule has 1 heterocycles. The molecule has 0 unspecified atom stereocenters. The number of hydrogen-bond donors (Lipinski definition) is 1. The first-order valence-electron chi connectivity index (χ1n) is 5.45. The number of esters is 1. The van der Waals surface area contributed by atoms with Crippen LogP contribution in [0.25, 0.3) is 0 Å². The molecule has 0 aromatic heterocycles. The highest BCUT2D eigenvalue weighted by Gasteiger charge is 2.47. The summed E-state index contributed by atoms with van der Waals surface area (Å²) < 4.78 is 11.2. The largest absolute Gasteiger partial charge is 0.464 e. The van der Waals surface area contributed by atoms with Gasteiger partial charge in [0.25, 0.3) is 0 Å². The van der Waals surface area contributed by atoms with Crippen molar-refractivity contribution in [3.63, 3.8) is 0 Å². The van der Waals surface area contributed by atoms with Crippen LogP contribution in [0.3, 0.4) is 0 Å². The average Bonchev–Trinajstić information content (AvgIpc) is 2.26. The molecule has 0 amide bonds. The van der Waals surface area contributed by atoms with E-state index in [1.165, 1.54) is 0 Å². The lowest BCUT2D eigenvalue weighted by Crippen LogP contribution is -2.62. The van der Waals surface area contributed by atoms with E-state index < -0.39 is 5.54 Å². The molecule has 1 fully saturated rings. The van der Waals surface area contributed by atoms with Gasteiger partial charge in [-0.05, 0) is 31.2 Å². The zero-order chi connectivity index (χ0) is 12.3. The van der Waals surface area contributed by atoms with E-state index >= 15 is 0 Å². The van der Waals surface area contributed by atoms with Gasteiger partial charge in [0.1, 0.15) is 0 Å². The maximum atomic E-state index is 11.8. The topological polar surface area (TPSA) is 47.6 Å². The van der Waals surface area contributed by atoms with Crippen LogP contribution in [-0.4, -0.2) is 31.3 Å². The van der Waals surface area contributed by atoms with Crippen LogP contribution in [0.4, 0.5) is 5.69 Å². The van der Waals surface area contributed by atoms with Crippen LogP contribution in [-0.2, 0) is 14.3 Å². The monoisotopic (exact) mass is 299 g/mol. The van der Waals surface area contributed by atoms with E-state index in [1.54, 1.807) is 6.92 Å². The molecule has 0 aliphatic carbocycles. The van der Waals surface area contributed by atoms with Crippen molar-refractivity contribution in [2.24, 2.45) is 0 Å². The van der Waals surface area contributed by atoms with Gasteiger partial charge in [0.15, 0.2) is 5.54 Å². The van der Waals surface area contributed by atoms with Crippen LogP contribution in [0, 0.1) is 0 Å². The van der Waals surface area contributed by atoms with E-state index in [0.717, 1.165) is 10.2 Å². The molecule has 1 aliphatic rings. The number of anilines is 1. The molecule has 0 atom stereocenters. The number of benzene rings is 1. The van der Waals surface area contributed by atoms with E-state index in [2.05, 4.69) is 21.2 Å². The highest BCUT2D eigenvalue weighted by atomic mass is 79.9. The Bertz CT molecular complexity index is 401. The molecule has 1 aliphatic heterocycles. The van der Waals surface area contributed by atoms with E-state index in [1.807, 2.05) is 24.3 Å². The number of ether oxygens (including phenoxy) is 2. The van der Waals surface area contributed by atoms with Crippen molar-refractivity contribution >= 4 is 27.6 Å². The molecule has 0 radical (unpaired) electrons. The number of hydrogen-bond acceptors (Lipinski definition) is 4. The predicted molar refractivity (Wildman–Crippen MR) is 67.9 cm³/mol. The molecular formula is C12H14BrNO3. The van der Waals surface area contributed by atoms with Crippen LogP contribution in [0.1, 0.15) is 6.92 Å². The number of rotatable bonds is 4. The summed E-state index contributed by atoms with van der Waals surface area (Å²) in [6.07, 6.45) is 0. The van der Waals surface area contributed by atoms with Crippen molar-refractivity contribution in [1.29, 1.82) is 0 Å². The molecule has 2 rings (SSSR count). The van der Waals surface area contributed by atoms with E-state index in [-0.39, 0.29) is 5.97 Å². The van der Waals surface area contributed by atoms with Crippen LogP contribution in [0.15, 0.2) is 28.7 Å². The Morgan fingerprint density at radius 1 is 1.47 bits per heavy atom. The minimum atomic E-state index is -0.718. The second-order valence-corrected chi connectivity index (χ2v) is 4.84. The molecule has 1 N–H and O–H groups in total. The Kier molecular flexibility index (Phi) is 3.69. The summed E-state index contributed by atoms with van der Waals surface area (Å²) in [5.41, 5.74) is 0.161. The highest BCUT2D eigenvalue weighted by Crippen LogP contribution is 2.25. The van der Waals surface area contributed by atoms with Crippen LogP contribution < -0.4 is 5.32 Å². The van der Waals surface area contributed by atoms with Crippen molar-refractivity contribution in [2.45, 2.75) is 12.5 Å². The molecule has 1 aromatic carbocycles. The molecule has 4 nitrogen and oxygen atoms in total. The van der Waals surface area contributed by atoms with Crippen molar-refractivity contribution in [2.75, 3.05) is 25.1 Å². The van der Waals surface area contributed by atoms with Crippen molar-refractivity contribution < 1.29 is 14.3 Å². The summed E-state index contributed by atoms with van der Waals surface area (Å²) in [7, 11) is 0. The second kappa shape index (κ2) is 5.06. The smallest absolute Gasteiger partial charge is 0.336 e. The van der Waals surface area contributed by atoms with Gasteiger partial charge in [-0.3, -0.25) is 0 Å². The number of carbonyl (C=O) groups is 1. The van der Waals surface area contributed by atoms with E-state index in [4.69, 9.17) is 9.47 Å². The van der Waals surface area contributed by atoms with Crippen molar-refractivity contribution in [1.82, 2.24) is 0 Å². The third-order valence-corrected chi connectivity index (χ3v) is 3.12. The molecule has 17 heavy (non-hydrogen) atoms. The third kappa shape index (κ3) is 2.61. The normalized spacial score (nSPS) is 17.1. The third-order valence-electron chi connectivity index (χ3n) is 2.59. The van der Waals surface area contributed by atoms with Gasteiger partial charge in [0.2, 0.25) is 0 Å². The summed E-state index contributed by atoms with van der Waals surface area (Å²) in [6, 6.07) is 7.65. The van der Waals surface area contributed by atoms with Crippen molar-refractivity contribution in [3.05, 3.63) is 28.7 Å². The summed E-state index contributed by atoms with van der Waals surface area (Å²) in [5.74, 6) is -0.255. The minimum Gasteiger partial charge on any atom is -0.464 e. The Morgan fingerprint density at radius 3 is 2.59 bits per heavy atom. The van der Waals surface area contributed by atoms with Gasteiger partial charge < -0.3 is 14.8 Å². The zero-order valence-corrected chi connectivity index (χ0v) is 11.1. The molecule has 92 valence electrons. The molecule has 1 aromatic rings. The summed E-state index contributed by atoms with van der Waals surface area (Å²) in [5, 5.41) is 3.18. The summed E-state index contributed by atoms with van der Waals surface area (Å²) >= 11 is 3.37. The first kappa shape index (κ1) is 12.4. The lowest BCUT2D eigenvalue weighted by molar-refractivity contribution is -0.164. The fraction of sp³-hybridized carbons (Fsp3) is 0.417. The van der Waals surface area contributed by atoms with E-state index in [9.17, 15) is 4.79 Å². The molecule has 1 saturated heterocycles. The number of nitrogens with one attached hydrogen (secondary N) is 1. The van der Waals surface area contributed by atoms with Crippen LogP contribution in [0.2, 0.25) is 0 Å². The van der Waals surface area contributed by atoms with Crippen LogP contribution in [0.5, 0.6) is 0 Å². The van der Waals surface area contributed by atoms with Gasteiger partial charge in [0.05, 0.1) is 19.8 Å². The maximum absolute atomic E-state index is 11.8. The zero-order valence-electron chi connectivity index (χ0n) is 9.53. The standard InChI is InChI=1S/C12H14BrNO3/c1-2-17-11(15)12(7-16-8-12)14-10-5-3-9(13)4-6-10/h3-6,14H,2,7-8H2,1H3. The number of halogens is 1. The SMILES string of the molecule is CCOC(=O)C1(Nc2ccc(Br)cc2)COC1. The Hall–Kier alpha value is -1.07. The second-order valence-electron chi connectivity index (χ2n) is 3.93. The average molecular weight is 300 g/mol. The lowest BCUT2D eigenvalue weighted by Gasteiger charge is -2.40. The molecule has 0 bridgehead atoms. The minimum absolute atomic E-state index is 0.255. The molecule has 0 saturated carbocycles. The summed E-state index contributed by atoms with van der Waals surface area (Å²) in [4.78, 5) is 11.8. The van der Waals surface area contributed by atoms with Gasteiger partial charge >= 0.3 is 5.97 Å². The first-order valence-corrected chi connectivity index (χ1v) is 6.24. The predicted octanol–water partition coefficient (Wildman–Crippen LogP) is 2.19. The molecule has 0 spiro atoms. The Morgan fingerprint density at radius 2 is 2.12 bits per heavy atom. The Balaban J connectivity index is 2.09. The number of carbonyl (C=O) groups excluding carboxylic acids is 1. The molecular weight excluding hydrogens is 286 g/mol. The first-order chi connectivity index (χ1) is 8.16. The highest BCUT2D eigenvalue weighted by molar-refractivity contribution is 9.10. The van der Waals surface area contributed by atoms with Gasteiger partial charge in [-0.1, -0.05) is 15.9 Å². The van der Waals surface area contributed by atoms with Gasteiger partial charge in [-0.2, -0.15) is 0 Å². The Labute approximate surface area is 108 Å². The quantitative estimate of drug-likeness (QED) is 0.866.